The number of likely N-dealkylation sites (tertiary alicyclic amines) is 1. The summed E-state index contributed by atoms with van der Waals surface area (Å²) in [5, 5.41) is 9.34. The van der Waals surface area contributed by atoms with Gasteiger partial charge >= 0.3 is 6.03 Å². The van der Waals surface area contributed by atoms with Gasteiger partial charge in [0.05, 0.1) is 11.9 Å². The zero-order valence-electron chi connectivity index (χ0n) is 14.9. The monoisotopic (exact) mass is 367 g/mol. The molecule has 2 aliphatic heterocycles. The number of amides is 4. The molecule has 1 aromatic heterocycles. The second-order valence-electron chi connectivity index (χ2n) is 7.00. The van der Waals surface area contributed by atoms with E-state index in [9.17, 15) is 14.4 Å². The van der Waals surface area contributed by atoms with E-state index >= 15 is 0 Å². The maximum atomic E-state index is 12.5. The molecule has 1 aromatic carbocycles. The Labute approximate surface area is 156 Å². The number of hydrogen-bond acceptors (Lipinski definition) is 4. The molecule has 0 unspecified atom stereocenters. The van der Waals surface area contributed by atoms with Gasteiger partial charge in [-0.25, -0.2) is 9.48 Å². The number of para-hydroxylation sites is 1. The first-order chi connectivity index (χ1) is 13.1. The van der Waals surface area contributed by atoms with Gasteiger partial charge in [-0.3, -0.25) is 14.9 Å². The van der Waals surface area contributed by atoms with E-state index in [1.165, 1.54) is 0 Å². The minimum Gasteiger partial charge on any atom is -0.342 e. The Morgan fingerprint density at radius 3 is 2.56 bits per heavy atom. The largest absolute Gasteiger partial charge is 0.342 e. The number of carbonyl (C=O) groups excluding carboxylic acids is 3. The molecule has 2 saturated heterocycles. The average Bonchev–Trinajstić information content (AvgIpc) is 3.26. The second-order valence-corrected chi connectivity index (χ2v) is 7.00. The summed E-state index contributed by atoms with van der Waals surface area (Å²) in [5.41, 5.74) is 1.14. The topological polar surface area (TPSA) is 96.3 Å². The van der Waals surface area contributed by atoms with Gasteiger partial charge in [-0.05, 0) is 37.0 Å². The van der Waals surface area contributed by atoms with E-state index in [4.69, 9.17) is 0 Å². The van der Waals surface area contributed by atoms with Crippen LogP contribution in [0.15, 0.2) is 42.7 Å². The molecule has 8 heteroatoms. The molecule has 4 amide bonds. The molecular formula is C19H21N5O3. The maximum absolute atomic E-state index is 12.5. The number of nitrogens with zero attached hydrogens (tertiary/aromatic N) is 3. The highest BCUT2D eigenvalue weighted by Gasteiger charge is 2.48. The summed E-state index contributed by atoms with van der Waals surface area (Å²) in [6.07, 6.45) is 5.62. The number of benzene rings is 1. The van der Waals surface area contributed by atoms with Gasteiger partial charge in [0.15, 0.2) is 0 Å². The number of piperidine rings is 1. The highest BCUT2D eigenvalue weighted by Crippen LogP contribution is 2.26. The lowest BCUT2D eigenvalue weighted by Gasteiger charge is -2.37. The van der Waals surface area contributed by atoms with Crippen molar-refractivity contribution in [1.82, 2.24) is 25.3 Å². The number of aryl methyl sites for hydroxylation is 1. The van der Waals surface area contributed by atoms with Crippen LogP contribution in [-0.2, 0) is 16.0 Å². The Hall–Kier alpha value is -3.16. The molecule has 0 atom stereocenters. The molecule has 27 heavy (non-hydrogen) atoms. The molecule has 2 N–H and O–H groups in total. The first-order valence-electron chi connectivity index (χ1n) is 9.06. The molecule has 3 heterocycles. The first kappa shape index (κ1) is 17.3. The summed E-state index contributed by atoms with van der Waals surface area (Å²) in [5.74, 6) is -0.227. The van der Waals surface area contributed by atoms with Crippen molar-refractivity contribution in [3.05, 3.63) is 48.3 Å². The average molecular weight is 367 g/mol. The van der Waals surface area contributed by atoms with Gasteiger partial charge in [-0.2, -0.15) is 5.10 Å². The van der Waals surface area contributed by atoms with Crippen LogP contribution in [0.1, 0.15) is 24.8 Å². The quantitative estimate of drug-likeness (QED) is 0.788. The van der Waals surface area contributed by atoms with Gasteiger partial charge in [0.2, 0.25) is 5.91 Å². The van der Waals surface area contributed by atoms with Gasteiger partial charge in [0.25, 0.3) is 5.91 Å². The fourth-order valence-corrected chi connectivity index (χ4v) is 3.64. The number of rotatable bonds is 4. The van der Waals surface area contributed by atoms with E-state index in [0.717, 1.165) is 11.3 Å². The minimum atomic E-state index is -0.843. The Bertz CT molecular complexity index is 868. The van der Waals surface area contributed by atoms with Gasteiger partial charge in [0.1, 0.15) is 5.54 Å². The van der Waals surface area contributed by atoms with Crippen molar-refractivity contribution >= 4 is 17.8 Å². The third-order valence-electron chi connectivity index (χ3n) is 5.27. The SMILES string of the molecule is O=C1NC(=O)C2(CCN(C(=O)CCc3cnn(-c4ccccc4)c3)CC2)N1. The standard InChI is InChI=1S/C19H21N5O3/c25-16(23-10-8-19(9-11-23)17(26)21-18(27)22-19)7-6-14-12-20-24(13-14)15-4-2-1-3-5-15/h1-5,12-13H,6-11H2,(H2,21,22,26,27). The summed E-state index contributed by atoms with van der Waals surface area (Å²) in [7, 11) is 0. The third-order valence-corrected chi connectivity index (χ3v) is 5.27. The van der Waals surface area contributed by atoms with E-state index < -0.39 is 11.6 Å². The molecule has 8 nitrogen and oxygen atoms in total. The summed E-state index contributed by atoms with van der Waals surface area (Å²) >= 11 is 0. The molecule has 0 radical (unpaired) electrons. The van der Waals surface area contributed by atoms with E-state index in [0.29, 0.717) is 38.8 Å². The molecule has 4 rings (SSSR count). The van der Waals surface area contributed by atoms with E-state index in [1.54, 1.807) is 15.8 Å². The lowest BCUT2D eigenvalue weighted by Crippen LogP contribution is -2.55. The molecule has 2 aromatic rings. The fourth-order valence-electron chi connectivity index (χ4n) is 3.64. The predicted molar refractivity (Wildman–Crippen MR) is 97.1 cm³/mol. The van der Waals surface area contributed by atoms with Crippen LogP contribution in [0.5, 0.6) is 0 Å². The van der Waals surface area contributed by atoms with Crippen molar-refractivity contribution in [1.29, 1.82) is 0 Å². The van der Waals surface area contributed by atoms with E-state index in [2.05, 4.69) is 15.7 Å². The van der Waals surface area contributed by atoms with Crippen molar-refractivity contribution in [2.75, 3.05) is 13.1 Å². The van der Waals surface area contributed by atoms with Crippen LogP contribution in [0.3, 0.4) is 0 Å². The highest BCUT2D eigenvalue weighted by atomic mass is 16.2. The third kappa shape index (κ3) is 3.42. The van der Waals surface area contributed by atoms with Crippen LogP contribution in [0, 0.1) is 0 Å². The molecule has 0 aliphatic carbocycles. The van der Waals surface area contributed by atoms with Crippen LogP contribution >= 0.6 is 0 Å². The van der Waals surface area contributed by atoms with E-state index in [-0.39, 0.29) is 11.8 Å². The fraction of sp³-hybridized carbons (Fsp3) is 0.368. The summed E-state index contributed by atoms with van der Waals surface area (Å²) in [6.45, 7) is 0.936. The van der Waals surface area contributed by atoms with Crippen LogP contribution < -0.4 is 10.6 Å². The number of nitrogens with one attached hydrogen (secondary N) is 2. The van der Waals surface area contributed by atoms with Gasteiger partial charge < -0.3 is 10.2 Å². The van der Waals surface area contributed by atoms with Crippen molar-refractivity contribution in [2.24, 2.45) is 0 Å². The maximum Gasteiger partial charge on any atom is 0.322 e. The van der Waals surface area contributed by atoms with Crippen molar-refractivity contribution in [3.8, 4) is 5.69 Å². The summed E-state index contributed by atoms with van der Waals surface area (Å²) < 4.78 is 1.80. The minimum absolute atomic E-state index is 0.0574. The Balaban J connectivity index is 1.30. The summed E-state index contributed by atoms with van der Waals surface area (Å²) in [6, 6.07) is 9.37. The van der Waals surface area contributed by atoms with Gasteiger partial charge in [-0.15, -0.1) is 0 Å². The lowest BCUT2D eigenvalue weighted by molar-refractivity contribution is -0.135. The molecule has 0 bridgehead atoms. The molecule has 140 valence electrons. The van der Waals surface area contributed by atoms with Crippen molar-refractivity contribution in [3.63, 3.8) is 0 Å². The summed E-state index contributed by atoms with van der Waals surface area (Å²) in [4.78, 5) is 37.6. The lowest BCUT2D eigenvalue weighted by atomic mass is 9.87. The predicted octanol–water partition coefficient (Wildman–Crippen LogP) is 1.01. The normalized spacial score (nSPS) is 18.4. The smallest absolute Gasteiger partial charge is 0.322 e. The molecular weight excluding hydrogens is 346 g/mol. The molecule has 2 aliphatic rings. The Morgan fingerprint density at radius 1 is 1.15 bits per heavy atom. The number of carbonyl (C=O) groups is 3. The number of urea groups is 1. The Kier molecular flexibility index (Phi) is 4.39. The molecule has 2 fully saturated rings. The van der Waals surface area contributed by atoms with Gasteiger partial charge in [-0.1, -0.05) is 18.2 Å². The highest BCUT2D eigenvalue weighted by molar-refractivity contribution is 6.07. The van der Waals surface area contributed by atoms with Crippen molar-refractivity contribution in [2.45, 2.75) is 31.2 Å². The Morgan fingerprint density at radius 2 is 1.89 bits per heavy atom. The number of aromatic nitrogens is 2. The second kappa shape index (κ2) is 6.86. The zero-order chi connectivity index (χ0) is 18.9. The molecule has 1 spiro atoms. The van der Waals surface area contributed by atoms with Crippen LogP contribution in [0.2, 0.25) is 0 Å². The zero-order valence-corrected chi connectivity index (χ0v) is 14.9. The van der Waals surface area contributed by atoms with Crippen molar-refractivity contribution < 1.29 is 14.4 Å². The van der Waals surface area contributed by atoms with Crippen LogP contribution in [0.4, 0.5) is 4.79 Å². The van der Waals surface area contributed by atoms with Gasteiger partial charge in [0, 0.05) is 25.7 Å². The van der Waals surface area contributed by atoms with Crippen LogP contribution in [0.25, 0.3) is 5.69 Å². The first-order valence-corrected chi connectivity index (χ1v) is 9.06. The van der Waals surface area contributed by atoms with E-state index in [1.807, 2.05) is 36.5 Å². The van der Waals surface area contributed by atoms with Crippen LogP contribution in [-0.4, -0.2) is 51.2 Å². The number of imide groups is 1. The number of hydrogen-bond donors (Lipinski definition) is 2. The molecule has 0 saturated carbocycles.